The zero-order valence-electron chi connectivity index (χ0n) is 19.7. The highest BCUT2D eigenvalue weighted by molar-refractivity contribution is 5.83. The first-order valence-electron chi connectivity index (χ1n) is 12.6. The zero-order valence-corrected chi connectivity index (χ0v) is 19.7. The van der Waals surface area contributed by atoms with Gasteiger partial charge < -0.3 is 14.9 Å². The number of ketones is 1. The van der Waals surface area contributed by atoms with Crippen molar-refractivity contribution in [2.75, 3.05) is 6.61 Å². The molecule has 0 rings (SSSR count). The number of hydrogen-bond acceptors (Lipinski definition) is 5. The molecule has 2 N–H and O–H groups in total. The topological polar surface area (TPSA) is 83.8 Å². The molecule has 0 bridgehead atoms. The number of carbonyl (C=O) groups is 2. The largest absolute Gasteiger partial charge is 0.457 e. The van der Waals surface area contributed by atoms with E-state index in [-0.39, 0.29) is 18.6 Å². The van der Waals surface area contributed by atoms with Crippen molar-refractivity contribution in [3.05, 3.63) is 0 Å². The number of aliphatic hydroxyl groups is 2. The Labute approximate surface area is 185 Å². The minimum atomic E-state index is -1.43. The Bertz CT molecular complexity index is 410. The van der Waals surface area contributed by atoms with Crippen molar-refractivity contribution in [3.63, 3.8) is 0 Å². The average molecular weight is 429 g/mol. The molecule has 30 heavy (non-hydrogen) atoms. The standard InChI is InChI=1S/C25H48O5/c1-3-5-7-8-9-10-11-12-13-14-15-16-18-20-24(28)30-23(21-26)25(29)22(27)19-17-6-4-2/h23,25-26,29H,3-21H2,1-2H3. The first-order valence-corrected chi connectivity index (χ1v) is 12.6. The Morgan fingerprint density at radius 2 is 1.07 bits per heavy atom. The first kappa shape index (κ1) is 29.1. The van der Waals surface area contributed by atoms with Crippen LogP contribution in [0.2, 0.25) is 0 Å². The minimum absolute atomic E-state index is 0.252. The molecule has 0 saturated carbocycles. The molecule has 2 atom stereocenters. The van der Waals surface area contributed by atoms with E-state index >= 15 is 0 Å². The average Bonchev–Trinajstić information content (AvgIpc) is 2.74. The SMILES string of the molecule is CCCCCCCCCCCCCCCC(=O)OC(CO)C(O)C(=O)CCCCC. The van der Waals surface area contributed by atoms with Crippen LogP contribution in [0, 0.1) is 0 Å². The van der Waals surface area contributed by atoms with E-state index in [1.807, 2.05) is 6.92 Å². The fraction of sp³-hybridized carbons (Fsp3) is 0.920. The van der Waals surface area contributed by atoms with Gasteiger partial charge in [-0.2, -0.15) is 0 Å². The fourth-order valence-electron chi connectivity index (χ4n) is 3.62. The molecule has 0 heterocycles. The lowest BCUT2D eigenvalue weighted by molar-refractivity contribution is -0.161. The summed E-state index contributed by atoms with van der Waals surface area (Å²) >= 11 is 0. The lowest BCUT2D eigenvalue weighted by Gasteiger charge is -2.20. The fourth-order valence-corrected chi connectivity index (χ4v) is 3.62. The van der Waals surface area contributed by atoms with Crippen LogP contribution in [0.3, 0.4) is 0 Å². The molecule has 0 amide bonds. The van der Waals surface area contributed by atoms with Crippen LogP contribution in [-0.4, -0.2) is 40.8 Å². The monoisotopic (exact) mass is 428 g/mol. The van der Waals surface area contributed by atoms with Crippen molar-refractivity contribution in [2.45, 2.75) is 142 Å². The summed E-state index contributed by atoms with van der Waals surface area (Å²) in [4.78, 5) is 23.9. The zero-order chi connectivity index (χ0) is 22.5. The van der Waals surface area contributed by atoms with Crippen LogP contribution >= 0.6 is 0 Å². The van der Waals surface area contributed by atoms with Gasteiger partial charge in [-0.05, 0) is 12.8 Å². The smallest absolute Gasteiger partial charge is 0.306 e. The second kappa shape index (κ2) is 21.3. The Morgan fingerprint density at radius 1 is 0.667 bits per heavy atom. The highest BCUT2D eigenvalue weighted by atomic mass is 16.6. The van der Waals surface area contributed by atoms with E-state index in [1.54, 1.807) is 0 Å². The summed E-state index contributed by atoms with van der Waals surface area (Å²) in [7, 11) is 0. The van der Waals surface area contributed by atoms with Crippen LogP contribution < -0.4 is 0 Å². The number of rotatable bonds is 22. The molecule has 0 aromatic rings. The molecule has 2 unspecified atom stereocenters. The maximum atomic E-state index is 11.9. The number of esters is 1. The van der Waals surface area contributed by atoms with E-state index < -0.39 is 24.8 Å². The van der Waals surface area contributed by atoms with Gasteiger partial charge in [0.1, 0.15) is 0 Å². The maximum absolute atomic E-state index is 11.9. The van der Waals surface area contributed by atoms with Gasteiger partial charge in [0.05, 0.1) is 6.61 Å². The van der Waals surface area contributed by atoms with Gasteiger partial charge >= 0.3 is 5.97 Å². The molecule has 0 aliphatic carbocycles. The maximum Gasteiger partial charge on any atom is 0.306 e. The van der Waals surface area contributed by atoms with Gasteiger partial charge in [-0.25, -0.2) is 0 Å². The molecule has 0 saturated heterocycles. The summed E-state index contributed by atoms with van der Waals surface area (Å²) in [5.41, 5.74) is 0. The van der Waals surface area contributed by atoms with Crippen LogP contribution in [0.25, 0.3) is 0 Å². The third-order valence-electron chi connectivity index (χ3n) is 5.66. The van der Waals surface area contributed by atoms with Crippen molar-refractivity contribution in [3.8, 4) is 0 Å². The number of ether oxygens (including phenoxy) is 1. The van der Waals surface area contributed by atoms with Gasteiger partial charge in [0.15, 0.2) is 18.0 Å². The Hall–Kier alpha value is -0.940. The molecule has 5 heteroatoms. The summed E-state index contributed by atoms with van der Waals surface area (Å²) in [6.07, 6.45) is 16.7. The number of unbranched alkanes of at least 4 members (excludes halogenated alkanes) is 14. The second-order valence-electron chi connectivity index (χ2n) is 8.57. The quantitative estimate of drug-likeness (QED) is 0.166. The van der Waals surface area contributed by atoms with Gasteiger partial charge in [0, 0.05) is 12.8 Å². The molecule has 0 radical (unpaired) electrons. The minimum Gasteiger partial charge on any atom is -0.457 e. The molecule has 0 spiro atoms. The predicted octanol–water partition coefficient (Wildman–Crippen LogP) is 5.88. The van der Waals surface area contributed by atoms with Gasteiger partial charge in [0.2, 0.25) is 0 Å². The van der Waals surface area contributed by atoms with Crippen molar-refractivity contribution in [2.24, 2.45) is 0 Å². The molecule has 0 aromatic carbocycles. The first-order chi connectivity index (χ1) is 14.6. The molecular weight excluding hydrogens is 380 g/mol. The van der Waals surface area contributed by atoms with E-state index in [9.17, 15) is 19.8 Å². The lowest BCUT2D eigenvalue weighted by atomic mass is 10.0. The van der Waals surface area contributed by atoms with E-state index in [0.717, 1.165) is 32.1 Å². The Balaban J connectivity index is 3.67. The Morgan fingerprint density at radius 3 is 1.53 bits per heavy atom. The molecule has 178 valence electrons. The van der Waals surface area contributed by atoms with Crippen LogP contribution in [-0.2, 0) is 14.3 Å². The molecule has 0 aliphatic heterocycles. The Kier molecular flexibility index (Phi) is 20.6. The molecular formula is C25H48O5. The summed E-state index contributed by atoms with van der Waals surface area (Å²) in [5, 5.41) is 19.4. The van der Waals surface area contributed by atoms with E-state index in [2.05, 4.69) is 6.92 Å². The van der Waals surface area contributed by atoms with E-state index in [1.165, 1.54) is 64.2 Å². The van der Waals surface area contributed by atoms with Gasteiger partial charge in [-0.1, -0.05) is 104 Å². The second-order valence-corrected chi connectivity index (χ2v) is 8.57. The van der Waals surface area contributed by atoms with Gasteiger partial charge in [0.25, 0.3) is 0 Å². The molecule has 0 aliphatic rings. The summed E-state index contributed by atoms with van der Waals surface area (Å²) < 4.78 is 5.14. The summed E-state index contributed by atoms with van der Waals surface area (Å²) in [5.74, 6) is -0.811. The van der Waals surface area contributed by atoms with Crippen molar-refractivity contribution in [1.82, 2.24) is 0 Å². The van der Waals surface area contributed by atoms with Crippen molar-refractivity contribution in [1.29, 1.82) is 0 Å². The third-order valence-corrected chi connectivity index (χ3v) is 5.66. The normalized spacial score (nSPS) is 13.2. The third kappa shape index (κ3) is 16.8. The number of aliphatic hydroxyl groups excluding tert-OH is 2. The van der Waals surface area contributed by atoms with E-state index in [0.29, 0.717) is 6.42 Å². The van der Waals surface area contributed by atoms with Crippen LogP contribution in [0.4, 0.5) is 0 Å². The van der Waals surface area contributed by atoms with Crippen molar-refractivity contribution >= 4 is 11.8 Å². The van der Waals surface area contributed by atoms with Crippen molar-refractivity contribution < 1.29 is 24.5 Å². The molecule has 5 nitrogen and oxygen atoms in total. The molecule has 0 aromatic heterocycles. The van der Waals surface area contributed by atoms with Crippen LogP contribution in [0.1, 0.15) is 129 Å². The number of hydrogen-bond donors (Lipinski definition) is 2. The van der Waals surface area contributed by atoms with Crippen LogP contribution in [0.5, 0.6) is 0 Å². The summed E-state index contributed by atoms with van der Waals surface area (Å²) in [6, 6.07) is 0. The summed E-state index contributed by atoms with van der Waals surface area (Å²) in [6.45, 7) is 3.75. The van der Waals surface area contributed by atoms with E-state index in [4.69, 9.17) is 4.74 Å². The predicted molar refractivity (Wildman–Crippen MR) is 122 cm³/mol. The highest BCUT2D eigenvalue weighted by Gasteiger charge is 2.28. The molecule has 0 fully saturated rings. The van der Waals surface area contributed by atoms with Gasteiger partial charge in [-0.15, -0.1) is 0 Å². The number of carbonyl (C=O) groups excluding carboxylic acids is 2. The lowest BCUT2D eigenvalue weighted by Crippen LogP contribution is -2.40. The van der Waals surface area contributed by atoms with Gasteiger partial charge in [-0.3, -0.25) is 9.59 Å². The highest BCUT2D eigenvalue weighted by Crippen LogP contribution is 2.14. The number of Topliss-reactive ketones (excluding diaryl/α,β-unsaturated/α-hetero) is 1. The van der Waals surface area contributed by atoms with Crippen LogP contribution in [0.15, 0.2) is 0 Å².